The largest absolute Gasteiger partial charge is 0.488 e. The molecule has 3 aromatic carbocycles. The summed E-state index contributed by atoms with van der Waals surface area (Å²) >= 11 is 2.23. The lowest BCUT2D eigenvalue weighted by atomic mass is 10.2. The van der Waals surface area contributed by atoms with Crippen molar-refractivity contribution in [1.82, 2.24) is 5.43 Å². The molecule has 0 radical (unpaired) electrons. The smallest absolute Gasteiger partial charge is 0.339 e. The number of hydrazone groups is 1. The van der Waals surface area contributed by atoms with Crippen molar-refractivity contribution in [3.8, 4) is 5.75 Å². The molecule has 5 nitrogen and oxygen atoms in total. The minimum absolute atomic E-state index is 0.386. The fourth-order valence-corrected chi connectivity index (χ4v) is 3.28. The number of carbonyl (C=O) groups excluding carboxylic acids is 1. The highest BCUT2D eigenvalue weighted by molar-refractivity contribution is 14.1. The maximum Gasteiger partial charge on any atom is 0.339 e. The second-order valence-corrected chi connectivity index (χ2v) is 7.77. The van der Waals surface area contributed by atoms with E-state index in [2.05, 4.69) is 69.6 Å². The Labute approximate surface area is 184 Å². The zero-order valence-corrected chi connectivity index (χ0v) is 18.4. The predicted octanol–water partition coefficient (Wildman–Crippen LogP) is 5.64. The van der Waals surface area contributed by atoms with Gasteiger partial charge in [0.15, 0.2) is 0 Å². The monoisotopic (exact) mass is 499 g/mol. The van der Waals surface area contributed by atoms with E-state index in [1.54, 1.807) is 6.21 Å². The number of nitrogens with one attached hydrogen (secondary N) is 2. The lowest BCUT2D eigenvalue weighted by Gasteiger charge is -2.09. The van der Waals surface area contributed by atoms with E-state index in [4.69, 9.17) is 4.74 Å². The molecule has 0 fully saturated rings. The van der Waals surface area contributed by atoms with Crippen LogP contribution in [-0.4, -0.2) is 12.2 Å². The van der Waals surface area contributed by atoms with Crippen molar-refractivity contribution < 1.29 is 9.53 Å². The van der Waals surface area contributed by atoms with Crippen molar-refractivity contribution in [3.63, 3.8) is 0 Å². The van der Waals surface area contributed by atoms with E-state index in [0.29, 0.717) is 6.61 Å². The van der Waals surface area contributed by atoms with Gasteiger partial charge in [0.05, 0.1) is 9.78 Å². The third-order valence-corrected chi connectivity index (χ3v) is 5.09. The molecule has 0 aliphatic heterocycles. The lowest BCUT2D eigenvalue weighted by molar-refractivity contribution is 0.252. The molecule has 2 amide bonds. The molecule has 0 bridgehead atoms. The Hall–Kier alpha value is -2.87. The van der Waals surface area contributed by atoms with Crippen LogP contribution in [0.2, 0.25) is 0 Å². The lowest BCUT2D eigenvalue weighted by Crippen LogP contribution is -2.24. The Morgan fingerprint density at radius 3 is 2.55 bits per heavy atom. The van der Waals surface area contributed by atoms with E-state index in [0.717, 1.165) is 31.7 Å². The Balaban J connectivity index is 1.53. The van der Waals surface area contributed by atoms with Crippen molar-refractivity contribution in [1.29, 1.82) is 0 Å². The van der Waals surface area contributed by atoms with Gasteiger partial charge in [-0.1, -0.05) is 48.0 Å². The Morgan fingerprint density at radius 2 is 1.83 bits per heavy atom. The van der Waals surface area contributed by atoms with Crippen molar-refractivity contribution in [2.75, 3.05) is 5.32 Å². The summed E-state index contributed by atoms with van der Waals surface area (Å²) in [5, 5.41) is 6.78. The first-order chi connectivity index (χ1) is 14.0. The van der Waals surface area contributed by atoms with Crippen LogP contribution in [-0.2, 0) is 6.61 Å². The summed E-state index contributed by atoms with van der Waals surface area (Å²) in [4.78, 5) is 12.0. The minimum Gasteiger partial charge on any atom is -0.488 e. The number of amides is 2. The number of nitrogens with zero attached hydrogens (tertiary/aromatic N) is 1. The van der Waals surface area contributed by atoms with Gasteiger partial charge < -0.3 is 10.1 Å². The SMILES string of the molecule is Cc1ccc(COc2ccc(C=NNC(=O)Nc3ccccc3C)cc2I)cc1. The summed E-state index contributed by atoms with van der Waals surface area (Å²) in [5.41, 5.74) is 7.45. The van der Waals surface area contributed by atoms with Gasteiger partial charge >= 0.3 is 6.03 Å². The van der Waals surface area contributed by atoms with Crippen LogP contribution in [0.15, 0.2) is 71.8 Å². The van der Waals surface area contributed by atoms with Crippen molar-refractivity contribution >= 4 is 40.5 Å². The number of anilines is 1. The number of ether oxygens (including phenoxy) is 1. The fourth-order valence-electron chi connectivity index (χ4n) is 2.59. The van der Waals surface area contributed by atoms with Crippen LogP contribution >= 0.6 is 22.6 Å². The number of rotatable bonds is 6. The van der Waals surface area contributed by atoms with Crippen LogP contribution in [0.4, 0.5) is 10.5 Å². The van der Waals surface area contributed by atoms with Crippen LogP contribution in [0.3, 0.4) is 0 Å². The van der Waals surface area contributed by atoms with Crippen LogP contribution < -0.4 is 15.5 Å². The average Bonchev–Trinajstić information content (AvgIpc) is 2.70. The van der Waals surface area contributed by atoms with Gasteiger partial charge in [-0.25, -0.2) is 10.2 Å². The van der Waals surface area contributed by atoms with Gasteiger partial charge in [-0.3, -0.25) is 0 Å². The highest BCUT2D eigenvalue weighted by atomic mass is 127. The molecule has 29 heavy (non-hydrogen) atoms. The third-order valence-electron chi connectivity index (χ3n) is 4.24. The molecule has 0 heterocycles. The second-order valence-electron chi connectivity index (χ2n) is 6.60. The van der Waals surface area contributed by atoms with Gasteiger partial charge in [0, 0.05) is 5.69 Å². The van der Waals surface area contributed by atoms with E-state index >= 15 is 0 Å². The summed E-state index contributed by atoms with van der Waals surface area (Å²) in [7, 11) is 0. The van der Waals surface area contributed by atoms with Crippen molar-refractivity contribution in [2.24, 2.45) is 5.10 Å². The van der Waals surface area contributed by atoms with Crippen LogP contribution in [0.25, 0.3) is 0 Å². The van der Waals surface area contributed by atoms with E-state index < -0.39 is 0 Å². The molecule has 148 valence electrons. The zero-order chi connectivity index (χ0) is 20.6. The highest BCUT2D eigenvalue weighted by Crippen LogP contribution is 2.22. The number of halogens is 1. The van der Waals surface area contributed by atoms with Gasteiger partial charge in [-0.15, -0.1) is 0 Å². The van der Waals surface area contributed by atoms with Crippen LogP contribution in [0.1, 0.15) is 22.3 Å². The summed E-state index contributed by atoms with van der Waals surface area (Å²) in [6.45, 7) is 4.52. The maximum atomic E-state index is 12.0. The first kappa shape index (κ1) is 20.9. The molecule has 3 aromatic rings. The number of hydrogen-bond donors (Lipinski definition) is 2. The van der Waals surface area contributed by atoms with Gasteiger partial charge in [0.2, 0.25) is 0 Å². The fraction of sp³-hybridized carbons (Fsp3) is 0.130. The number of para-hydroxylation sites is 1. The molecule has 0 saturated carbocycles. The van der Waals surface area contributed by atoms with Crippen molar-refractivity contribution in [2.45, 2.75) is 20.5 Å². The second kappa shape index (κ2) is 10.1. The molecular weight excluding hydrogens is 477 g/mol. The van der Waals surface area contributed by atoms with Crippen LogP contribution in [0, 0.1) is 17.4 Å². The Kier molecular flexibility index (Phi) is 7.24. The molecule has 3 rings (SSSR count). The topological polar surface area (TPSA) is 62.7 Å². The molecule has 0 aliphatic carbocycles. The standard InChI is InChI=1S/C23H22IN3O2/c1-16-7-9-18(10-8-16)15-29-22-12-11-19(13-20(22)24)14-25-27-23(28)26-21-6-4-3-5-17(21)2/h3-14H,15H2,1-2H3,(H2,26,27,28). The van der Waals surface area contributed by atoms with Gasteiger partial charge in [-0.2, -0.15) is 5.10 Å². The predicted molar refractivity (Wildman–Crippen MR) is 126 cm³/mol. The number of benzene rings is 3. The first-order valence-electron chi connectivity index (χ1n) is 9.15. The molecule has 2 N–H and O–H groups in total. The highest BCUT2D eigenvalue weighted by Gasteiger charge is 2.04. The molecule has 6 heteroatoms. The zero-order valence-electron chi connectivity index (χ0n) is 16.3. The number of aryl methyl sites for hydroxylation is 2. The molecule has 0 atom stereocenters. The summed E-state index contributed by atoms with van der Waals surface area (Å²) in [5.74, 6) is 0.814. The molecule has 0 saturated heterocycles. The first-order valence-corrected chi connectivity index (χ1v) is 10.2. The quantitative estimate of drug-likeness (QED) is 0.262. The van der Waals surface area contributed by atoms with E-state index in [1.165, 1.54) is 5.56 Å². The maximum absolute atomic E-state index is 12.0. The average molecular weight is 499 g/mol. The number of urea groups is 1. The minimum atomic E-state index is -0.386. The van der Waals surface area contributed by atoms with Gasteiger partial charge in [0.25, 0.3) is 0 Å². The Morgan fingerprint density at radius 1 is 1.07 bits per heavy atom. The molecule has 0 aromatic heterocycles. The summed E-state index contributed by atoms with van der Waals surface area (Å²) < 4.78 is 6.88. The van der Waals surface area contributed by atoms with Gasteiger partial charge in [-0.05, 0) is 77.4 Å². The summed E-state index contributed by atoms with van der Waals surface area (Å²) in [6.07, 6.45) is 1.60. The number of carbonyl (C=O) groups is 1. The van der Waals surface area contributed by atoms with E-state index in [-0.39, 0.29) is 6.03 Å². The van der Waals surface area contributed by atoms with E-state index in [9.17, 15) is 4.79 Å². The molecule has 0 unspecified atom stereocenters. The van der Waals surface area contributed by atoms with Gasteiger partial charge in [0.1, 0.15) is 12.4 Å². The Bertz CT molecular complexity index is 1020. The summed E-state index contributed by atoms with van der Waals surface area (Å²) in [6, 6.07) is 21.2. The molecular formula is C23H22IN3O2. The van der Waals surface area contributed by atoms with Crippen LogP contribution in [0.5, 0.6) is 5.75 Å². The normalized spacial score (nSPS) is 10.7. The van der Waals surface area contributed by atoms with E-state index in [1.807, 2.05) is 49.4 Å². The molecule has 0 aliphatic rings. The third kappa shape index (κ3) is 6.32. The number of hydrogen-bond acceptors (Lipinski definition) is 3. The molecule has 0 spiro atoms. The van der Waals surface area contributed by atoms with Crippen molar-refractivity contribution in [3.05, 3.63) is 92.6 Å².